The zero-order chi connectivity index (χ0) is 16.1. The predicted octanol–water partition coefficient (Wildman–Crippen LogP) is 2.16. The van der Waals surface area contributed by atoms with Crippen LogP contribution in [0.3, 0.4) is 0 Å². The van der Waals surface area contributed by atoms with Gasteiger partial charge in [-0.3, -0.25) is 10.1 Å². The van der Waals surface area contributed by atoms with E-state index >= 15 is 0 Å². The first-order valence-corrected chi connectivity index (χ1v) is 7.80. The van der Waals surface area contributed by atoms with Gasteiger partial charge in [-0.25, -0.2) is 0 Å². The van der Waals surface area contributed by atoms with Crippen LogP contribution in [0.2, 0.25) is 0 Å². The molecule has 6 nitrogen and oxygen atoms in total. The minimum atomic E-state index is -0.884. The number of nitro benzene ring substituents is 1. The summed E-state index contributed by atoms with van der Waals surface area (Å²) < 4.78 is 0. The van der Waals surface area contributed by atoms with Crippen LogP contribution < -0.4 is 5.32 Å². The van der Waals surface area contributed by atoms with Gasteiger partial charge in [0.05, 0.1) is 23.7 Å². The maximum Gasteiger partial charge on any atom is 0.269 e. The lowest BCUT2D eigenvalue weighted by atomic mass is 9.86. The molecule has 0 saturated heterocycles. The summed E-state index contributed by atoms with van der Waals surface area (Å²) in [4.78, 5) is 10.2. The topological polar surface area (TPSA) is 95.6 Å². The monoisotopic (exact) mass is 308 g/mol. The molecule has 0 aliphatic heterocycles. The van der Waals surface area contributed by atoms with Crippen LogP contribution in [0.5, 0.6) is 0 Å². The Bertz CT molecular complexity index is 483. The highest BCUT2D eigenvalue weighted by atomic mass is 16.6. The molecule has 1 aliphatic carbocycles. The van der Waals surface area contributed by atoms with Crippen LogP contribution in [-0.2, 0) is 0 Å². The minimum absolute atomic E-state index is 0.00859. The molecule has 3 N–H and O–H groups in total. The van der Waals surface area contributed by atoms with E-state index in [1.165, 1.54) is 24.3 Å². The standard InChI is InChI=1S/C16H24N2O4/c1-11-2-6-13(7-3-11)17-15(10-19)16(20)12-4-8-14(9-5-12)18(21)22/h4-5,8-9,11,13,15-17,19-20H,2-3,6-7,10H2,1H3. The molecule has 0 spiro atoms. The van der Waals surface area contributed by atoms with Crippen LogP contribution in [0, 0.1) is 16.0 Å². The van der Waals surface area contributed by atoms with Crippen molar-refractivity contribution in [3.63, 3.8) is 0 Å². The van der Waals surface area contributed by atoms with E-state index in [1.54, 1.807) is 0 Å². The molecule has 2 unspecified atom stereocenters. The summed E-state index contributed by atoms with van der Waals surface area (Å²) in [5.41, 5.74) is 0.562. The van der Waals surface area contributed by atoms with Gasteiger partial charge in [0.1, 0.15) is 0 Å². The first kappa shape index (κ1) is 16.9. The van der Waals surface area contributed by atoms with E-state index in [1.807, 2.05) is 0 Å². The van der Waals surface area contributed by atoms with Gasteiger partial charge in [-0.2, -0.15) is 0 Å². The summed E-state index contributed by atoms with van der Waals surface area (Å²) >= 11 is 0. The van der Waals surface area contributed by atoms with Gasteiger partial charge < -0.3 is 15.5 Å². The lowest BCUT2D eigenvalue weighted by Gasteiger charge is -2.32. The summed E-state index contributed by atoms with van der Waals surface area (Å²) in [6.45, 7) is 2.07. The molecule has 122 valence electrons. The summed E-state index contributed by atoms with van der Waals surface area (Å²) in [5.74, 6) is 0.741. The van der Waals surface area contributed by atoms with Gasteiger partial charge in [0.15, 0.2) is 0 Å². The molecule has 0 bridgehead atoms. The third kappa shape index (κ3) is 4.25. The van der Waals surface area contributed by atoms with Gasteiger partial charge >= 0.3 is 0 Å². The molecule has 0 aromatic heterocycles. The fraction of sp³-hybridized carbons (Fsp3) is 0.625. The first-order valence-electron chi connectivity index (χ1n) is 7.80. The van der Waals surface area contributed by atoms with E-state index in [0.29, 0.717) is 11.6 Å². The third-order valence-electron chi connectivity index (χ3n) is 4.49. The van der Waals surface area contributed by atoms with Gasteiger partial charge in [-0.15, -0.1) is 0 Å². The highest BCUT2D eigenvalue weighted by molar-refractivity contribution is 5.34. The van der Waals surface area contributed by atoms with Crippen LogP contribution >= 0.6 is 0 Å². The van der Waals surface area contributed by atoms with Gasteiger partial charge in [-0.05, 0) is 49.3 Å². The molecule has 1 aromatic carbocycles. The Hall–Kier alpha value is -1.50. The second-order valence-electron chi connectivity index (χ2n) is 6.21. The van der Waals surface area contributed by atoms with Gasteiger partial charge in [-0.1, -0.05) is 6.92 Å². The van der Waals surface area contributed by atoms with Crippen molar-refractivity contribution in [3.05, 3.63) is 39.9 Å². The lowest BCUT2D eigenvalue weighted by Crippen LogP contribution is -2.45. The predicted molar refractivity (Wildman–Crippen MR) is 83.5 cm³/mol. The highest BCUT2D eigenvalue weighted by Crippen LogP contribution is 2.26. The van der Waals surface area contributed by atoms with Crippen LogP contribution in [0.25, 0.3) is 0 Å². The van der Waals surface area contributed by atoms with E-state index in [0.717, 1.165) is 31.6 Å². The summed E-state index contributed by atoms with van der Waals surface area (Å²) in [6.07, 6.45) is 3.52. The summed E-state index contributed by atoms with van der Waals surface area (Å²) in [6, 6.07) is 5.66. The van der Waals surface area contributed by atoms with E-state index < -0.39 is 17.1 Å². The van der Waals surface area contributed by atoms with E-state index in [4.69, 9.17) is 0 Å². The molecule has 0 heterocycles. The Balaban J connectivity index is 1.98. The fourth-order valence-electron chi connectivity index (χ4n) is 3.00. The van der Waals surface area contributed by atoms with Crippen molar-refractivity contribution in [2.75, 3.05) is 6.61 Å². The SMILES string of the molecule is CC1CCC(NC(CO)C(O)c2ccc([N+](=O)[O-])cc2)CC1. The molecule has 2 rings (SSSR count). The first-order chi connectivity index (χ1) is 10.5. The Kier molecular flexibility index (Phi) is 5.88. The molecule has 0 radical (unpaired) electrons. The number of hydrogen-bond donors (Lipinski definition) is 3. The molecular weight excluding hydrogens is 284 g/mol. The van der Waals surface area contributed by atoms with Crippen molar-refractivity contribution in [2.45, 2.75) is 50.8 Å². The number of nitrogens with one attached hydrogen (secondary N) is 1. The number of hydrogen-bond acceptors (Lipinski definition) is 5. The number of aliphatic hydroxyl groups excluding tert-OH is 2. The number of nitrogens with zero attached hydrogens (tertiary/aromatic N) is 1. The Morgan fingerprint density at radius 3 is 2.36 bits per heavy atom. The number of aliphatic hydroxyl groups is 2. The minimum Gasteiger partial charge on any atom is -0.395 e. The zero-order valence-corrected chi connectivity index (χ0v) is 12.8. The normalized spacial score (nSPS) is 24.7. The molecule has 1 saturated carbocycles. The molecule has 22 heavy (non-hydrogen) atoms. The molecule has 1 aromatic rings. The van der Waals surface area contributed by atoms with Crippen molar-refractivity contribution in [1.29, 1.82) is 0 Å². The van der Waals surface area contributed by atoms with E-state index in [-0.39, 0.29) is 12.3 Å². The second-order valence-corrected chi connectivity index (χ2v) is 6.21. The Morgan fingerprint density at radius 2 is 1.86 bits per heavy atom. The van der Waals surface area contributed by atoms with Crippen molar-refractivity contribution in [2.24, 2.45) is 5.92 Å². The second kappa shape index (κ2) is 7.67. The number of nitro groups is 1. The molecule has 2 atom stereocenters. The zero-order valence-electron chi connectivity index (χ0n) is 12.8. The van der Waals surface area contributed by atoms with E-state index in [2.05, 4.69) is 12.2 Å². The fourth-order valence-corrected chi connectivity index (χ4v) is 3.00. The van der Waals surface area contributed by atoms with Gasteiger partial charge in [0, 0.05) is 18.2 Å². The van der Waals surface area contributed by atoms with Crippen molar-refractivity contribution in [1.82, 2.24) is 5.32 Å². The van der Waals surface area contributed by atoms with Crippen LogP contribution in [-0.4, -0.2) is 33.8 Å². The largest absolute Gasteiger partial charge is 0.395 e. The number of benzene rings is 1. The summed E-state index contributed by atoms with van der Waals surface area (Å²) in [5, 5.41) is 33.9. The maximum absolute atomic E-state index is 10.7. The molecule has 1 aliphatic rings. The number of non-ortho nitro benzene ring substituents is 1. The smallest absolute Gasteiger partial charge is 0.269 e. The molecule has 0 amide bonds. The van der Waals surface area contributed by atoms with Gasteiger partial charge in [0.2, 0.25) is 0 Å². The average molecular weight is 308 g/mol. The quantitative estimate of drug-likeness (QED) is 0.553. The lowest BCUT2D eigenvalue weighted by molar-refractivity contribution is -0.384. The van der Waals surface area contributed by atoms with Crippen molar-refractivity contribution < 1.29 is 15.1 Å². The average Bonchev–Trinajstić information content (AvgIpc) is 2.53. The molecule has 1 fully saturated rings. The van der Waals surface area contributed by atoms with Crippen molar-refractivity contribution in [3.8, 4) is 0 Å². The van der Waals surface area contributed by atoms with Gasteiger partial charge in [0.25, 0.3) is 5.69 Å². The highest BCUT2D eigenvalue weighted by Gasteiger charge is 2.26. The van der Waals surface area contributed by atoms with E-state index in [9.17, 15) is 20.3 Å². The number of rotatable bonds is 6. The Labute approximate surface area is 130 Å². The Morgan fingerprint density at radius 1 is 1.27 bits per heavy atom. The summed E-state index contributed by atoms with van der Waals surface area (Å²) in [7, 11) is 0. The maximum atomic E-state index is 10.7. The van der Waals surface area contributed by atoms with Crippen LogP contribution in [0.4, 0.5) is 5.69 Å². The van der Waals surface area contributed by atoms with Crippen molar-refractivity contribution >= 4 is 5.69 Å². The van der Waals surface area contributed by atoms with Crippen LogP contribution in [0.1, 0.15) is 44.3 Å². The molecule has 6 heteroatoms. The molecular formula is C16H24N2O4. The van der Waals surface area contributed by atoms with Crippen LogP contribution in [0.15, 0.2) is 24.3 Å². The third-order valence-corrected chi connectivity index (χ3v) is 4.49.